The van der Waals surface area contributed by atoms with Gasteiger partial charge in [0.05, 0.1) is 6.54 Å². The molecule has 17 heavy (non-hydrogen) atoms. The molecule has 2 nitrogen and oxygen atoms in total. The summed E-state index contributed by atoms with van der Waals surface area (Å²) in [4.78, 5) is 12.0. The van der Waals surface area contributed by atoms with Gasteiger partial charge in [-0.3, -0.25) is 4.79 Å². The topological polar surface area (TPSA) is 22.0 Å². The first kappa shape index (κ1) is 12.0. The van der Waals surface area contributed by atoms with Crippen LogP contribution in [0.1, 0.15) is 10.4 Å². The van der Waals surface area contributed by atoms with Crippen molar-refractivity contribution in [2.24, 2.45) is 0 Å². The molecule has 2 aromatic rings. The number of aromatic nitrogens is 1. The standard InChI is InChI=1S/C13H10ClNOS/c14-11-6-4-10(5-7-11)12(16)9-15-8-2-1-3-13(15)17/h1-8H,9H2. The van der Waals surface area contributed by atoms with Crippen LogP contribution in [0, 0.1) is 4.64 Å². The van der Waals surface area contributed by atoms with Gasteiger partial charge in [0, 0.05) is 16.8 Å². The van der Waals surface area contributed by atoms with E-state index >= 15 is 0 Å². The van der Waals surface area contributed by atoms with Crippen LogP contribution in [0.15, 0.2) is 48.7 Å². The lowest BCUT2D eigenvalue weighted by Crippen LogP contribution is -2.10. The lowest BCUT2D eigenvalue weighted by molar-refractivity contribution is 0.0971. The Bertz CT molecular complexity index is 589. The Morgan fingerprint density at radius 2 is 1.88 bits per heavy atom. The molecular weight excluding hydrogens is 254 g/mol. The molecule has 0 N–H and O–H groups in total. The molecule has 2 rings (SSSR count). The summed E-state index contributed by atoms with van der Waals surface area (Å²) >= 11 is 10.9. The maximum absolute atomic E-state index is 12.0. The van der Waals surface area contributed by atoms with E-state index in [2.05, 4.69) is 0 Å². The quantitative estimate of drug-likeness (QED) is 0.621. The molecule has 0 amide bonds. The van der Waals surface area contributed by atoms with E-state index in [0.29, 0.717) is 15.2 Å². The van der Waals surface area contributed by atoms with E-state index in [4.69, 9.17) is 23.8 Å². The number of Topliss-reactive ketones (excluding diaryl/α,β-unsaturated/α-hetero) is 1. The minimum Gasteiger partial charge on any atom is -0.331 e. The third-order valence-electron chi connectivity index (χ3n) is 2.38. The summed E-state index contributed by atoms with van der Waals surface area (Å²) in [6.45, 7) is 0.251. The summed E-state index contributed by atoms with van der Waals surface area (Å²) in [6, 6.07) is 12.4. The van der Waals surface area contributed by atoms with Gasteiger partial charge < -0.3 is 4.57 Å². The number of ketones is 1. The number of benzene rings is 1. The average molecular weight is 264 g/mol. The van der Waals surface area contributed by atoms with Crippen molar-refractivity contribution in [2.75, 3.05) is 0 Å². The highest BCUT2D eigenvalue weighted by atomic mass is 35.5. The molecule has 0 aliphatic carbocycles. The molecule has 0 saturated heterocycles. The Labute approximate surface area is 109 Å². The second-order valence-electron chi connectivity index (χ2n) is 3.60. The fraction of sp³-hybridized carbons (Fsp3) is 0.0769. The maximum Gasteiger partial charge on any atom is 0.182 e. The van der Waals surface area contributed by atoms with E-state index in [0.717, 1.165) is 0 Å². The van der Waals surface area contributed by atoms with Gasteiger partial charge in [-0.2, -0.15) is 0 Å². The minimum atomic E-state index is 0.0176. The van der Waals surface area contributed by atoms with Crippen molar-refractivity contribution in [2.45, 2.75) is 6.54 Å². The van der Waals surface area contributed by atoms with Gasteiger partial charge >= 0.3 is 0 Å². The fourth-order valence-electron chi connectivity index (χ4n) is 1.47. The molecule has 1 aromatic carbocycles. The number of rotatable bonds is 3. The highest BCUT2D eigenvalue weighted by Gasteiger charge is 2.06. The normalized spacial score (nSPS) is 10.2. The Hall–Kier alpha value is -1.45. The summed E-state index contributed by atoms with van der Waals surface area (Å²) in [6.07, 6.45) is 1.80. The molecule has 0 spiro atoms. The minimum absolute atomic E-state index is 0.0176. The van der Waals surface area contributed by atoms with Gasteiger partial charge in [-0.15, -0.1) is 0 Å². The van der Waals surface area contributed by atoms with Gasteiger partial charge in [0.15, 0.2) is 5.78 Å². The number of pyridine rings is 1. The van der Waals surface area contributed by atoms with Crippen LogP contribution in [0.5, 0.6) is 0 Å². The first-order chi connectivity index (χ1) is 8.16. The number of carbonyl (C=O) groups excluding carboxylic acids is 1. The van der Waals surface area contributed by atoms with Gasteiger partial charge in [0.1, 0.15) is 4.64 Å². The molecule has 0 atom stereocenters. The Morgan fingerprint density at radius 1 is 1.18 bits per heavy atom. The number of hydrogen-bond acceptors (Lipinski definition) is 2. The predicted octanol–water partition coefficient (Wildman–Crippen LogP) is 3.75. The zero-order valence-corrected chi connectivity index (χ0v) is 10.5. The van der Waals surface area contributed by atoms with Gasteiger partial charge in [-0.05, 0) is 36.4 Å². The van der Waals surface area contributed by atoms with Gasteiger partial charge in [0.2, 0.25) is 0 Å². The van der Waals surface area contributed by atoms with E-state index in [-0.39, 0.29) is 12.3 Å². The monoisotopic (exact) mass is 263 g/mol. The van der Waals surface area contributed by atoms with E-state index in [1.807, 2.05) is 12.1 Å². The molecule has 1 heterocycles. The van der Waals surface area contributed by atoms with Crippen molar-refractivity contribution in [3.05, 3.63) is 63.9 Å². The zero-order valence-electron chi connectivity index (χ0n) is 8.97. The van der Waals surface area contributed by atoms with Crippen LogP contribution in [0.4, 0.5) is 0 Å². The molecule has 0 unspecified atom stereocenters. The molecule has 0 aliphatic heterocycles. The van der Waals surface area contributed by atoms with Crippen molar-refractivity contribution in [3.63, 3.8) is 0 Å². The first-order valence-electron chi connectivity index (χ1n) is 5.11. The van der Waals surface area contributed by atoms with Crippen LogP contribution in [-0.4, -0.2) is 10.4 Å². The molecule has 1 aromatic heterocycles. The van der Waals surface area contributed by atoms with Gasteiger partial charge in [-0.25, -0.2) is 0 Å². The molecule has 0 fully saturated rings. The number of nitrogens with zero attached hydrogens (tertiary/aromatic N) is 1. The molecular formula is C13H10ClNOS. The van der Waals surface area contributed by atoms with Crippen LogP contribution in [0.3, 0.4) is 0 Å². The molecule has 0 saturated carbocycles. The Kier molecular flexibility index (Phi) is 3.71. The summed E-state index contributed by atoms with van der Waals surface area (Å²) < 4.78 is 2.39. The second-order valence-corrected chi connectivity index (χ2v) is 4.45. The SMILES string of the molecule is O=C(Cn1ccccc1=S)c1ccc(Cl)cc1. The fourth-order valence-corrected chi connectivity index (χ4v) is 1.80. The van der Waals surface area contributed by atoms with Crippen molar-refractivity contribution in [1.82, 2.24) is 4.57 Å². The average Bonchev–Trinajstić information content (AvgIpc) is 2.33. The second kappa shape index (κ2) is 5.25. The number of halogens is 1. The molecule has 0 radical (unpaired) electrons. The summed E-state index contributed by atoms with van der Waals surface area (Å²) in [5.41, 5.74) is 0.639. The first-order valence-corrected chi connectivity index (χ1v) is 5.90. The van der Waals surface area contributed by atoms with Gasteiger partial charge in [0.25, 0.3) is 0 Å². The van der Waals surface area contributed by atoms with Crippen LogP contribution in [0.2, 0.25) is 5.02 Å². The zero-order chi connectivity index (χ0) is 12.3. The van der Waals surface area contributed by atoms with Crippen molar-refractivity contribution >= 4 is 29.6 Å². The van der Waals surface area contributed by atoms with E-state index in [1.165, 1.54) is 0 Å². The van der Waals surface area contributed by atoms with Crippen molar-refractivity contribution in [3.8, 4) is 0 Å². The van der Waals surface area contributed by atoms with Crippen LogP contribution >= 0.6 is 23.8 Å². The Balaban J connectivity index is 2.20. The number of carbonyl (C=O) groups is 1. The molecule has 4 heteroatoms. The highest BCUT2D eigenvalue weighted by Crippen LogP contribution is 2.10. The summed E-state index contributed by atoms with van der Waals surface area (Å²) in [5, 5.41) is 0.623. The van der Waals surface area contributed by atoms with Crippen molar-refractivity contribution < 1.29 is 4.79 Å². The maximum atomic E-state index is 12.0. The third-order valence-corrected chi connectivity index (χ3v) is 3.00. The number of hydrogen-bond donors (Lipinski definition) is 0. The Morgan fingerprint density at radius 3 is 2.53 bits per heavy atom. The van der Waals surface area contributed by atoms with E-state index in [9.17, 15) is 4.79 Å². The highest BCUT2D eigenvalue weighted by molar-refractivity contribution is 7.71. The molecule has 0 bridgehead atoms. The predicted molar refractivity (Wildman–Crippen MR) is 71.0 cm³/mol. The van der Waals surface area contributed by atoms with E-state index in [1.54, 1.807) is 41.1 Å². The lowest BCUT2D eigenvalue weighted by Gasteiger charge is -2.05. The smallest absolute Gasteiger partial charge is 0.182 e. The van der Waals surface area contributed by atoms with Crippen LogP contribution < -0.4 is 0 Å². The largest absolute Gasteiger partial charge is 0.331 e. The lowest BCUT2D eigenvalue weighted by atomic mass is 10.1. The molecule has 0 aliphatic rings. The molecule has 86 valence electrons. The third kappa shape index (κ3) is 3.02. The summed E-state index contributed by atoms with van der Waals surface area (Å²) in [5.74, 6) is 0.0176. The van der Waals surface area contributed by atoms with E-state index < -0.39 is 0 Å². The van der Waals surface area contributed by atoms with Crippen LogP contribution in [-0.2, 0) is 6.54 Å². The van der Waals surface area contributed by atoms with Gasteiger partial charge in [-0.1, -0.05) is 29.9 Å². The van der Waals surface area contributed by atoms with Crippen LogP contribution in [0.25, 0.3) is 0 Å². The summed E-state index contributed by atoms with van der Waals surface area (Å²) in [7, 11) is 0. The van der Waals surface area contributed by atoms with Crippen molar-refractivity contribution in [1.29, 1.82) is 0 Å².